The minimum absolute atomic E-state index is 0.0866. The lowest BCUT2D eigenvalue weighted by Gasteiger charge is -2.31. The molecule has 1 aromatic carbocycles. The van der Waals surface area contributed by atoms with Crippen LogP contribution in [0, 0.1) is 5.92 Å². The zero-order valence-corrected chi connectivity index (χ0v) is 9.55. The monoisotopic (exact) mass is 220 g/mol. The van der Waals surface area contributed by atoms with Gasteiger partial charge in [0.25, 0.3) is 0 Å². The summed E-state index contributed by atoms with van der Waals surface area (Å²) in [7, 11) is 0. The molecule has 1 fully saturated rings. The summed E-state index contributed by atoms with van der Waals surface area (Å²) in [6.07, 6.45) is 0.166. The molecule has 3 heteroatoms. The molecule has 1 saturated heterocycles. The van der Waals surface area contributed by atoms with Gasteiger partial charge in [0.05, 0.1) is 12.0 Å². The number of benzene rings is 1. The summed E-state index contributed by atoms with van der Waals surface area (Å²) in [5.41, 5.74) is 1.13. The molecule has 0 radical (unpaired) electrons. The molecule has 0 unspecified atom stereocenters. The van der Waals surface area contributed by atoms with Crippen molar-refractivity contribution < 1.29 is 14.3 Å². The molecular formula is C13H16O3. The van der Waals surface area contributed by atoms with Crippen LogP contribution < -0.4 is 0 Å². The molecular weight excluding hydrogens is 204 g/mol. The molecule has 1 aromatic rings. The van der Waals surface area contributed by atoms with Gasteiger partial charge in [0.15, 0.2) is 6.29 Å². The summed E-state index contributed by atoms with van der Waals surface area (Å²) in [6.45, 7) is 3.66. The van der Waals surface area contributed by atoms with Gasteiger partial charge in [-0.25, -0.2) is 0 Å². The number of esters is 1. The summed E-state index contributed by atoms with van der Waals surface area (Å²) < 4.78 is 10.6. The second-order valence-corrected chi connectivity index (χ2v) is 4.14. The molecule has 3 atom stereocenters. The lowest BCUT2D eigenvalue weighted by Crippen LogP contribution is -2.41. The fourth-order valence-electron chi connectivity index (χ4n) is 1.98. The highest BCUT2D eigenvalue weighted by atomic mass is 16.7. The maximum Gasteiger partial charge on any atom is 0.314 e. The van der Waals surface area contributed by atoms with E-state index in [0.717, 1.165) is 5.56 Å². The molecule has 0 bridgehead atoms. The zero-order chi connectivity index (χ0) is 11.5. The van der Waals surface area contributed by atoms with Crippen LogP contribution in [0.15, 0.2) is 30.3 Å². The standard InChI is InChI=1S/C13H16O3/c1-9-12(13(14)16-10(2)15-9)8-11-6-4-3-5-7-11/h3-7,9-10,12H,8H2,1-2H3/t9-,10-,12-/m0/s1. The quantitative estimate of drug-likeness (QED) is 0.716. The maximum atomic E-state index is 11.7. The average Bonchev–Trinajstić information content (AvgIpc) is 2.25. The number of rotatable bonds is 2. The average molecular weight is 220 g/mol. The lowest BCUT2D eigenvalue weighted by molar-refractivity contribution is -0.221. The van der Waals surface area contributed by atoms with E-state index in [4.69, 9.17) is 9.47 Å². The van der Waals surface area contributed by atoms with Crippen molar-refractivity contribution in [2.24, 2.45) is 5.92 Å². The van der Waals surface area contributed by atoms with E-state index in [2.05, 4.69) is 0 Å². The summed E-state index contributed by atoms with van der Waals surface area (Å²) >= 11 is 0. The van der Waals surface area contributed by atoms with Crippen molar-refractivity contribution in [2.75, 3.05) is 0 Å². The van der Waals surface area contributed by atoms with Crippen molar-refractivity contribution in [3.63, 3.8) is 0 Å². The van der Waals surface area contributed by atoms with Gasteiger partial charge >= 0.3 is 5.97 Å². The fraction of sp³-hybridized carbons (Fsp3) is 0.462. The molecule has 0 aromatic heterocycles. The second-order valence-electron chi connectivity index (χ2n) is 4.14. The van der Waals surface area contributed by atoms with Crippen LogP contribution in [0.5, 0.6) is 0 Å². The number of ether oxygens (including phenoxy) is 2. The Morgan fingerprint density at radius 3 is 2.50 bits per heavy atom. The molecule has 1 aliphatic rings. The molecule has 0 spiro atoms. The molecule has 0 N–H and O–H groups in total. The first-order valence-corrected chi connectivity index (χ1v) is 5.56. The Hall–Kier alpha value is -1.35. The smallest absolute Gasteiger partial charge is 0.314 e. The van der Waals surface area contributed by atoms with E-state index in [-0.39, 0.29) is 18.0 Å². The SMILES string of the molecule is C[C@@H]1OC(=O)[C@@H](Cc2ccccc2)[C@H](C)O1. The van der Waals surface area contributed by atoms with Crippen molar-refractivity contribution in [1.82, 2.24) is 0 Å². The van der Waals surface area contributed by atoms with Crippen molar-refractivity contribution in [3.05, 3.63) is 35.9 Å². The summed E-state index contributed by atoms with van der Waals surface area (Å²) in [5.74, 6) is -0.353. The van der Waals surface area contributed by atoms with Crippen LogP contribution in [-0.4, -0.2) is 18.4 Å². The Balaban J connectivity index is 2.07. The van der Waals surface area contributed by atoms with Crippen LogP contribution >= 0.6 is 0 Å². The van der Waals surface area contributed by atoms with E-state index in [1.807, 2.05) is 37.3 Å². The highest BCUT2D eigenvalue weighted by molar-refractivity contribution is 5.74. The van der Waals surface area contributed by atoms with Crippen LogP contribution in [0.3, 0.4) is 0 Å². The molecule has 16 heavy (non-hydrogen) atoms. The van der Waals surface area contributed by atoms with Crippen LogP contribution in [0.2, 0.25) is 0 Å². The van der Waals surface area contributed by atoms with Gasteiger partial charge in [-0.15, -0.1) is 0 Å². The van der Waals surface area contributed by atoms with E-state index in [1.54, 1.807) is 6.92 Å². The maximum absolute atomic E-state index is 11.7. The van der Waals surface area contributed by atoms with Crippen LogP contribution in [0.25, 0.3) is 0 Å². The van der Waals surface area contributed by atoms with E-state index < -0.39 is 6.29 Å². The topological polar surface area (TPSA) is 35.5 Å². The summed E-state index contributed by atoms with van der Waals surface area (Å²) in [6, 6.07) is 9.93. The van der Waals surface area contributed by atoms with Gasteiger partial charge in [-0.05, 0) is 25.8 Å². The van der Waals surface area contributed by atoms with Crippen LogP contribution in [-0.2, 0) is 20.7 Å². The van der Waals surface area contributed by atoms with Gasteiger partial charge in [-0.3, -0.25) is 4.79 Å². The molecule has 2 rings (SSSR count). The molecule has 1 heterocycles. The first-order chi connectivity index (χ1) is 7.66. The Kier molecular flexibility index (Phi) is 3.25. The van der Waals surface area contributed by atoms with Crippen molar-refractivity contribution in [2.45, 2.75) is 32.7 Å². The van der Waals surface area contributed by atoms with Crippen molar-refractivity contribution >= 4 is 5.97 Å². The van der Waals surface area contributed by atoms with E-state index >= 15 is 0 Å². The molecule has 3 nitrogen and oxygen atoms in total. The number of hydrogen-bond donors (Lipinski definition) is 0. The van der Waals surface area contributed by atoms with Gasteiger partial charge in [0, 0.05) is 0 Å². The molecule has 0 aliphatic carbocycles. The second kappa shape index (κ2) is 4.66. The van der Waals surface area contributed by atoms with Crippen LogP contribution in [0.4, 0.5) is 0 Å². The third kappa shape index (κ3) is 2.42. The zero-order valence-electron chi connectivity index (χ0n) is 9.55. The van der Waals surface area contributed by atoms with Crippen molar-refractivity contribution in [1.29, 1.82) is 0 Å². The van der Waals surface area contributed by atoms with E-state index in [0.29, 0.717) is 6.42 Å². The number of carbonyl (C=O) groups is 1. The predicted molar refractivity (Wildman–Crippen MR) is 59.7 cm³/mol. The highest BCUT2D eigenvalue weighted by Gasteiger charge is 2.34. The van der Waals surface area contributed by atoms with Crippen molar-refractivity contribution in [3.8, 4) is 0 Å². The van der Waals surface area contributed by atoms with Gasteiger partial charge in [-0.2, -0.15) is 0 Å². The fourth-order valence-corrected chi connectivity index (χ4v) is 1.98. The first kappa shape index (κ1) is 11.1. The largest absolute Gasteiger partial charge is 0.436 e. The predicted octanol–water partition coefficient (Wildman–Crippen LogP) is 2.15. The van der Waals surface area contributed by atoms with Gasteiger partial charge < -0.3 is 9.47 Å². The normalized spacial score (nSPS) is 29.9. The van der Waals surface area contributed by atoms with Crippen LogP contribution in [0.1, 0.15) is 19.4 Å². The van der Waals surface area contributed by atoms with Gasteiger partial charge in [-0.1, -0.05) is 30.3 Å². The molecule has 86 valence electrons. The third-order valence-electron chi connectivity index (χ3n) is 2.86. The Morgan fingerprint density at radius 2 is 1.88 bits per heavy atom. The number of cyclic esters (lactones) is 1. The van der Waals surface area contributed by atoms with Gasteiger partial charge in [0.1, 0.15) is 0 Å². The number of carbonyl (C=O) groups excluding carboxylic acids is 1. The summed E-state index contributed by atoms with van der Waals surface area (Å²) in [4.78, 5) is 11.7. The van der Waals surface area contributed by atoms with E-state index in [9.17, 15) is 4.79 Å². The first-order valence-electron chi connectivity index (χ1n) is 5.56. The minimum atomic E-state index is -0.422. The Labute approximate surface area is 95.4 Å². The highest BCUT2D eigenvalue weighted by Crippen LogP contribution is 2.23. The minimum Gasteiger partial charge on any atom is -0.436 e. The summed E-state index contributed by atoms with van der Waals surface area (Å²) in [5, 5.41) is 0. The molecule has 0 amide bonds. The molecule has 1 aliphatic heterocycles. The Morgan fingerprint density at radius 1 is 1.19 bits per heavy atom. The third-order valence-corrected chi connectivity index (χ3v) is 2.86. The number of hydrogen-bond acceptors (Lipinski definition) is 3. The molecule has 0 saturated carbocycles. The lowest BCUT2D eigenvalue weighted by atomic mass is 9.94. The van der Waals surface area contributed by atoms with E-state index in [1.165, 1.54) is 0 Å². The Bertz CT molecular complexity index is 361. The van der Waals surface area contributed by atoms with Gasteiger partial charge in [0.2, 0.25) is 0 Å².